The topological polar surface area (TPSA) is 85.1 Å². The molecular weight excluding hydrogens is 380 g/mol. The standard InChI is InChI=1S/C20H19F2N5O2/c1-26(11-2-3-11)20(29)18-13-9-27(5-4-15(13)24-25-18)19(28)17-8-12-14(22)6-10(21)7-16(12)23-17/h6-8,11,23H,2-5,9H2,1H3,(H,24,25). The first-order chi connectivity index (χ1) is 13.9. The van der Waals surface area contributed by atoms with E-state index < -0.39 is 11.6 Å². The second-order valence-electron chi connectivity index (χ2n) is 7.68. The van der Waals surface area contributed by atoms with Gasteiger partial charge in [-0.25, -0.2) is 8.78 Å². The van der Waals surface area contributed by atoms with Gasteiger partial charge in [0.15, 0.2) is 0 Å². The Morgan fingerprint density at radius 3 is 2.79 bits per heavy atom. The molecule has 7 nitrogen and oxygen atoms in total. The Kier molecular flexibility index (Phi) is 3.94. The van der Waals surface area contributed by atoms with Gasteiger partial charge in [-0.15, -0.1) is 0 Å². The molecule has 2 N–H and O–H groups in total. The Morgan fingerprint density at radius 2 is 2.03 bits per heavy atom. The smallest absolute Gasteiger partial charge is 0.272 e. The number of hydrogen-bond donors (Lipinski definition) is 2. The fraction of sp³-hybridized carbons (Fsp3) is 0.350. The quantitative estimate of drug-likeness (QED) is 0.710. The molecule has 2 amide bonds. The van der Waals surface area contributed by atoms with E-state index in [1.807, 2.05) is 0 Å². The van der Waals surface area contributed by atoms with Gasteiger partial charge in [-0.2, -0.15) is 5.10 Å². The first kappa shape index (κ1) is 17.8. The molecular formula is C20H19F2N5O2. The molecule has 1 aromatic carbocycles. The van der Waals surface area contributed by atoms with Crippen molar-refractivity contribution in [3.63, 3.8) is 0 Å². The van der Waals surface area contributed by atoms with E-state index in [9.17, 15) is 18.4 Å². The third kappa shape index (κ3) is 2.97. The van der Waals surface area contributed by atoms with E-state index in [-0.39, 0.29) is 41.0 Å². The molecule has 150 valence electrons. The molecule has 0 radical (unpaired) electrons. The Hall–Kier alpha value is -3.23. The Balaban J connectivity index is 1.42. The van der Waals surface area contributed by atoms with E-state index in [1.165, 1.54) is 6.07 Å². The van der Waals surface area contributed by atoms with Gasteiger partial charge in [-0.1, -0.05) is 0 Å². The molecule has 1 aliphatic heterocycles. The molecule has 9 heteroatoms. The molecule has 3 aromatic rings. The van der Waals surface area contributed by atoms with Crippen LogP contribution < -0.4 is 0 Å². The molecule has 1 fully saturated rings. The maximum Gasteiger partial charge on any atom is 0.272 e. The van der Waals surface area contributed by atoms with Crippen LogP contribution in [0.3, 0.4) is 0 Å². The van der Waals surface area contributed by atoms with E-state index in [2.05, 4.69) is 15.2 Å². The minimum Gasteiger partial charge on any atom is -0.350 e. The maximum absolute atomic E-state index is 14.0. The molecule has 1 aliphatic carbocycles. The van der Waals surface area contributed by atoms with E-state index in [4.69, 9.17) is 0 Å². The summed E-state index contributed by atoms with van der Waals surface area (Å²) in [6.45, 7) is 0.658. The van der Waals surface area contributed by atoms with Gasteiger partial charge in [-0.05, 0) is 25.0 Å². The van der Waals surface area contributed by atoms with Crippen molar-refractivity contribution in [2.24, 2.45) is 0 Å². The molecule has 0 bridgehead atoms. The van der Waals surface area contributed by atoms with Crippen molar-refractivity contribution in [1.82, 2.24) is 25.0 Å². The zero-order valence-electron chi connectivity index (χ0n) is 15.8. The van der Waals surface area contributed by atoms with Crippen LogP contribution >= 0.6 is 0 Å². The van der Waals surface area contributed by atoms with Crippen molar-refractivity contribution in [3.05, 3.63) is 52.5 Å². The van der Waals surface area contributed by atoms with Crippen LogP contribution in [0.4, 0.5) is 8.78 Å². The zero-order valence-corrected chi connectivity index (χ0v) is 15.8. The number of hydrogen-bond acceptors (Lipinski definition) is 3. The van der Waals surface area contributed by atoms with Crippen LogP contribution in [-0.4, -0.2) is 56.4 Å². The number of amides is 2. The highest BCUT2D eigenvalue weighted by atomic mass is 19.1. The summed E-state index contributed by atoms with van der Waals surface area (Å²) in [5.74, 6) is -1.89. The van der Waals surface area contributed by atoms with Gasteiger partial charge in [0.1, 0.15) is 23.0 Å². The third-order valence-corrected chi connectivity index (χ3v) is 5.72. The van der Waals surface area contributed by atoms with Crippen molar-refractivity contribution in [2.75, 3.05) is 13.6 Å². The third-order valence-electron chi connectivity index (χ3n) is 5.72. The number of H-pyrrole nitrogens is 2. The zero-order chi connectivity index (χ0) is 20.3. The van der Waals surface area contributed by atoms with Crippen molar-refractivity contribution in [3.8, 4) is 0 Å². The van der Waals surface area contributed by atoms with Crippen molar-refractivity contribution < 1.29 is 18.4 Å². The fourth-order valence-corrected chi connectivity index (χ4v) is 3.89. The predicted octanol–water partition coefficient (Wildman–Crippen LogP) is 2.60. The number of nitrogens with zero attached hydrogens (tertiary/aromatic N) is 3. The molecule has 3 heterocycles. The monoisotopic (exact) mass is 399 g/mol. The molecule has 0 spiro atoms. The lowest BCUT2D eigenvalue weighted by molar-refractivity contribution is 0.0717. The minimum atomic E-state index is -0.720. The second-order valence-corrected chi connectivity index (χ2v) is 7.68. The van der Waals surface area contributed by atoms with E-state index in [0.717, 1.165) is 36.2 Å². The van der Waals surface area contributed by atoms with Gasteiger partial charge in [0.2, 0.25) is 0 Å². The molecule has 0 unspecified atom stereocenters. The summed E-state index contributed by atoms with van der Waals surface area (Å²) in [6, 6.07) is 3.61. The largest absolute Gasteiger partial charge is 0.350 e. The number of carbonyl (C=O) groups is 2. The van der Waals surface area contributed by atoms with Gasteiger partial charge in [-0.3, -0.25) is 14.7 Å². The lowest BCUT2D eigenvalue weighted by Crippen LogP contribution is -2.37. The van der Waals surface area contributed by atoms with E-state index >= 15 is 0 Å². The number of aromatic amines is 2. The van der Waals surface area contributed by atoms with Crippen LogP contribution in [0.5, 0.6) is 0 Å². The first-order valence-corrected chi connectivity index (χ1v) is 9.52. The number of halogens is 2. The molecule has 0 atom stereocenters. The number of fused-ring (bicyclic) bond motifs is 2. The van der Waals surface area contributed by atoms with E-state index in [1.54, 1.807) is 16.8 Å². The number of aromatic nitrogens is 3. The fourth-order valence-electron chi connectivity index (χ4n) is 3.89. The second kappa shape index (κ2) is 6.40. The summed E-state index contributed by atoms with van der Waals surface area (Å²) in [7, 11) is 1.77. The highest BCUT2D eigenvalue weighted by Crippen LogP contribution is 2.29. The van der Waals surface area contributed by atoms with Crippen LogP contribution in [-0.2, 0) is 13.0 Å². The molecule has 5 rings (SSSR count). The number of rotatable bonds is 3. The Morgan fingerprint density at radius 1 is 1.24 bits per heavy atom. The SMILES string of the molecule is CN(C(=O)c1[nH]nc2c1CN(C(=O)c1cc3c(F)cc(F)cc3[nH]1)CC2)C1CC1. The summed E-state index contributed by atoms with van der Waals surface area (Å²) in [5.41, 5.74) is 2.33. The molecule has 2 aliphatic rings. The molecule has 29 heavy (non-hydrogen) atoms. The normalized spacial score (nSPS) is 16.2. The predicted molar refractivity (Wildman–Crippen MR) is 100 cm³/mol. The van der Waals surface area contributed by atoms with Gasteiger partial charge in [0, 0.05) is 43.1 Å². The molecule has 1 saturated carbocycles. The van der Waals surface area contributed by atoms with Crippen LogP contribution in [0.2, 0.25) is 0 Å². The van der Waals surface area contributed by atoms with Crippen molar-refractivity contribution in [2.45, 2.75) is 31.8 Å². The summed E-state index contributed by atoms with van der Waals surface area (Å²) < 4.78 is 27.4. The van der Waals surface area contributed by atoms with Gasteiger partial charge in [0.25, 0.3) is 11.8 Å². The highest BCUT2D eigenvalue weighted by Gasteiger charge is 2.34. The van der Waals surface area contributed by atoms with Crippen LogP contribution in [0.25, 0.3) is 10.9 Å². The summed E-state index contributed by atoms with van der Waals surface area (Å²) >= 11 is 0. The number of benzene rings is 1. The van der Waals surface area contributed by atoms with Crippen LogP contribution in [0.1, 0.15) is 45.1 Å². The summed E-state index contributed by atoms with van der Waals surface area (Å²) in [5, 5.41) is 7.25. The van der Waals surface area contributed by atoms with Crippen LogP contribution in [0.15, 0.2) is 18.2 Å². The number of carbonyl (C=O) groups excluding carboxylic acids is 2. The van der Waals surface area contributed by atoms with Crippen molar-refractivity contribution in [1.29, 1.82) is 0 Å². The lowest BCUT2D eigenvalue weighted by Gasteiger charge is -2.27. The maximum atomic E-state index is 14.0. The average Bonchev–Trinajstić information content (AvgIpc) is 3.32. The lowest BCUT2D eigenvalue weighted by atomic mass is 10.0. The average molecular weight is 399 g/mol. The summed E-state index contributed by atoms with van der Waals surface area (Å²) in [6.07, 6.45) is 2.52. The van der Waals surface area contributed by atoms with Gasteiger partial charge < -0.3 is 14.8 Å². The molecule has 0 saturated heterocycles. The highest BCUT2D eigenvalue weighted by molar-refractivity contribution is 5.99. The Labute approximate surface area is 164 Å². The van der Waals surface area contributed by atoms with Gasteiger partial charge in [0.05, 0.1) is 17.8 Å². The van der Waals surface area contributed by atoms with E-state index in [0.29, 0.717) is 18.7 Å². The molecule has 2 aromatic heterocycles. The minimum absolute atomic E-state index is 0.126. The van der Waals surface area contributed by atoms with Gasteiger partial charge >= 0.3 is 0 Å². The van der Waals surface area contributed by atoms with Crippen molar-refractivity contribution >= 4 is 22.7 Å². The summed E-state index contributed by atoms with van der Waals surface area (Å²) in [4.78, 5) is 31.8. The van der Waals surface area contributed by atoms with Crippen LogP contribution in [0, 0.1) is 11.6 Å². The number of nitrogens with one attached hydrogen (secondary N) is 2. The Bertz CT molecular complexity index is 1150. The first-order valence-electron chi connectivity index (χ1n) is 9.52.